The second-order valence-corrected chi connectivity index (χ2v) is 6.80. The molecule has 1 aromatic heterocycles. The second kappa shape index (κ2) is 4.58. The van der Waals surface area contributed by atoms with E-state index in [4.69, 9.17) is 0 Å². The van der Waals surface area contributed by atoms with Crippen molar-refractivity contribution in [1.29, 1.82) is 0 Å². The van der Waals surface area contributed by atoms with E-state index in [-0.39, 0.29) is 5.41 Å². The molecule has 0 radical (unpaired) electrons. The fourth-order valence-corrected chi connectivity index (χ4v) is 4.75. The van der Waals surface area contributed by atoms with E-state index in [1.807, 2.05) is 5.51 Å². The van der Waals surface area contributed by atoms with Gasteiger partial charge in [-0.05, 0) is 32.6 Å². The average Bonchev–Trinajstić information content (AvgIpc) is 3.05. The molecule has 2 aliphatic rings. The Morgan fingerprint density at radius 1 is 1.56 bits per heavy atom. The van der Waals surface area contributed by atoms with E-state index in [0.717, 1.165) is 13.0 Å². The quantitative estimate of drug-likeness (QED) is 0.910. The molecule has 0 aromatic carbocycles. The van der Waals surface area contributed by atoms with Crippen molar-refractivity contribution in [2.24, 2.45) is 5.41 Å². The summed E-state index contributed by atoms with van der Waals surface area (Å²) in [5.41, 5.74) is 3.29. The first-order valence-corrected chi connectivity index (χ1v) is 7.83. The number of aliphatic hydroxyl groups excluding tert-OH is 1. The highest BCUT2D eigenvalue weighted by molar-refractivity contribution is 7.09. The van der Waals surface area contributed by atoms with Gasteiger partial charge in [-0.15, -0.1) is 11.3 Å². The van der Waals surface area contributed by atoms with E-state index in [1.54, 1.807) is 11.3 Å². The fraction of sp³-hybridized carbons (Fsp3) is 0.786. The predicted octanol–water partition coefficient (Wildman–Crippen LogP) is 2.58. The first-order chi connectivity index (χ1) is 8.70. The molecule has 0 unspecified atom stereocenters. The molecule has 18 heavy (non-hydrogen) atoms. The van der Waals surface area contributed by atoms with Gasteiger partial charge < -0.3 is 5.11 Å². The van der Waals surface area contributed by atoms with Crippen LogP contribution in [0, 0.1) is 12.3 Å². The molecule has 3 rings (SSSR count). The van der Waals surface area contributed by atoms with E-state index in [0.29, 0.717) is 18.7 Å². The predicted molar refractivity (Wildman–Crippen MR) is 73.6 cm³/mol. The maximum Gasteiger partial charge on any atom is 0.0798 e. The zero-order valence-corrected chi connectivity index (χ0v) is 12.0. The minimum absolute atomic E-state index is 0.168. The van der Waals surface area contributed by atoms with E-state index in [2.05, 4.69) is 23.7 Å². The third-order valence-electron chi connectivity index (χ3n) is 5.18. The van der Waals surface area contributed by atoms with Gasteiger partial charge >= 0.3 is 0 Å². The third kappa shape index (κ3) is 1.74. The minimum atomic E-state index is 0.168. The molecule has 100 valence electrons. The molecule has 0 spiro atoms. The van der Waals surface area contributed by atoms with E-state index in [1.165, 1.54) is 29.8 Å². The molecule has 3 heterocycles. The summed E-state index contributed by atoms with van der Waals surface area (Å²) in [5.74, 6) is 0. The number of thiazole rings is 1. The molecule has 0 aliphatic carbocycles. The zero-order valence-electron chi connectivity index (χ0n) is 11.2. The van der Waals surface area contributed by atoms with Crippen molar-refractivity contribution in [2.75, 3.05) is 6.61 Å². The molecule has 1 N–H and O–H groups in total. The second-order valence-electron chi connectivity index (χ2n) is 5.86. The number of nitrogens with zero attached hydrogens (tertiary/aromatic N) is 2. The molecule has 2 fully saturated rings. The normalized spacial score (nSPS) is 35.5. The molecule has 1 aromatic rings. The number of hydrogen-bond donors (Lipinski definition) is 1. The SMILES string of the molecule is CC[C@@]1(CO)C[C@@H]2CC[C@H]1N2Cc1scnc1C. The van der Waals surface area contributed by atoms with Gasteiger partial charge in [-0.2, -0.15) is 0 Å². The maximum atomic E-state index is 9.80. The summed E-state index contributed by atoms with van der Waals surface area (Å²) in [4.78, 5) is 8.39. The van der Waals surface area contributed by atoms with Crippen LogP contribution in [0.5, 0.6) is 0 Å². The summed E-state index contributed by atoms with van der Waals surface area (Å²) in [7, 11) is 0. The highest BCUT2D eigenvalue weighted by Crippen LogP contribution is 2.52. The van der Waals surface area contributed by atoms with Gasteiger partial charge in [-0.3, -0.25) is 4.90 Å². The monoisotopic (exact) mass is 266 g/mol. The summed E-state index contributed by atoms with van der Waals surface area (Å²) >= 11 is 1.77. The lowest BCUT2D eigenvalue weighted by Crippen LogP contribution is -2.39. The lowest BCUT2D eigenvalue weighted by atomic mass is 9.72. The molecule has 0 amide bonds. The van der Waals surface area contributed by atoms with Crippen LogP contribution in [0.3, 0.4) is 0 Å². The van der Waals surface area contributed by atoms with Gasteiger partial charge in [0.15, 0.2) is 0 Å². The third-order valence-corrected chi connectivity index (χ3v) is 6.10. The number of hydrogen-bond acceptors (Lipinski definition) is 4. The molecule has 2 aliphatic heterocycles. The molecular formula is C14H22N2OS. The van der Waals surface area contributed by atoms with Gasteiger partial charge in [0, 0.05) is 28.9 Å². The van der Waals surface area contributed by atoms with Crippen molar-refractivity contribution in [3.05, 3.63) is 16.1 Å². The van der Waals surface area contributed by atoms with Crippen molar-refractivity contribution in [1.82, 2.24) is 9.88 Å². The molecular weight excluding hydrogens is 244 g/mol. The van der Waals surface area contributed by atoms with Crippen molar-refractivity contribution >= 4 is 11.3 Å². The van der Waals surface area contributed by atoms with Crippen LogP contribution in [-0.4, -0.2) is 33.7 Å². The standard InChI is InChI=1S/C14H22N2OS/c1-3-14(8-17)6-11-4-5-13(14)16(11)7-12-10(2)15-9-18-12/h9,11,13,17H,3-8H2,1-2H3/t11-,13+,14-/m0/s1. The first-order valence-electron chi connectivity index (χ1n) is 6.96. The topological polar surface area (TPSA) is 36.4 Å². The van der Waals surface area contributed by atoms with Crippen LogP contribution in [0.4, 0.5) is 0 Å². The molecule has 2 bridgehead atoms. The summed E-state index contributed by atoms with van der Waals surface area (Å²) in [5, 5.41) is 9.80. The highest BCUT2D eigenvalue weighted by atomic mass is 32.1. The number of aryl methyl sites for hydroxylation is 1. The molecule has 3 nitrogen and oxygen atoms in total. The van der Waals surface area contributed by atoms with Crippen molar-refractivity contribution < 1.29 is 5.11 Å². The van der Waals surface area contributed by atoms with Crippen LogP contribution < -0.4 is 0 Å². The fourth-order valence-electron chi connectivity index (χ4n) is 3.96. The Balaban J connectivity index is 1.81. The van der Waals surface area contributed by atoms with E-state index >= 15 is 0 Å². The van der Waals surface area contributed by atoms with Crippen molar-refractivity contribution in [2.45, 2.75) is 58.2 Å². The van der Waals surface area contributed by atoms with Gasteiger partial charge in [0.2, 0.25) is 0 Å². The highest BCUT2D eigenvalue weighted by Gasteiger charge is 2.54. The van der Waals surface area contributed by atoms with Crippen LogP contribution in [-0.2, 0) is 6.54 Å². The number of fused-ring (bicyclic) bond motifs is 2. The largest absolute Gasteiger partial charge is 0.396 e. The first kappa shape index (κ1) is 12.6. The lowest BCUT2D eigenvalue weighted by Gasteiger charge is -2.35. The van der Waals surface area contributed by atoms with Crippen LogP contribution >= 0.6 is 11.3 Å². The van der Waals surface area contributed by atoms with Crippen LogP contribution in [0.1, 0.15) is 43.2 Å². The molecule has 0 saturated carbocycles. The zero-order chi connectivity index (χ0) is 12.8. The Bertz CT molecular complexity index is 427. The smallest absolute Gasteiger partial charge is 0.0798 e. The molecule has 4 heteroatoms. The van der Waals surface area contributed by atoms with Gasteiger partial charge in [0.05, 0.1) is 17.8 Å². The Morgan fingerprint density at radius 2 is 2.39 bits per heavy atom. The molecule has 2 saturated heterocycles. The summed E-state index contributed by atoms with van der Waals surface area (Å²) < 4.78 is 0. The van der Waals surface area contributed by atoms with Crippen LogP contribution in [0.2, 0.25) is 0 Å². The average molecular weight is 266 g/mol. The Hall–Kier alpha value is -0.450. The number of aromatic nitrogens is 1. The maximum absolute atomic E-state index is 9.80. The van der Waals surface area contributed by atoms with Gasteiger partial charge in [0.1, 0.15) is 0 Å². The van der Waals surface area contributed by atoms with Crippen LogP contribution in [0.15, 0.2) is 5.51 Å². The molecule has 3 atom stereocenters. The number of rotatable bonds is 4. The Labute approximate surface area is 113 Å². The summed E-state index contributed by atoms with van der Waals surface area (Å²) in [6.07, 6.45) is 4.85. The Morgan fingerprint density at radius 3 is 2.94 bits per heavy atom. The van der Waals surface area contributed by atoms with Crippen molar-refractivity contribution in [3.63, 3.8) is 0 Å². The lowest BCUT2D eigenvalue weighted by molar-refractivity contribution is 0.0715. The van der Waals surface area contributed by atoms with Gasteiger partial charge in [-0.25, -0.2) is 4.98 Å². The minimum Gasteiger partial charge on any atom is -0.396 e. The number of aliphatic hydroxyl groups is 1. The summed E-state index contributed by atoms with van der Waals surface area (Å²) in [6, 6.07) is 1.27. The summed E-state index contributed by atoms with van der Waals surface area (Å²) in [6.45, 7) is 5.71. The van der Waals surface area contributed by atoms with Gasteiger partial charge in [-0.1, -0.05) is 6.92 Å². The van der Waals surface area contributed by atoms with Crippen molar-refractivity contribution in [3.8, 4) is 0 Å². The Kier molecular flexibility index (Phi) is 3.20. The van der Waals surface area contributed by atoms with Crippen LogP contribution in [0.25, 0.3) is 0 Å². The van der Waals surface area contributed by atoms with E-state index < -0.39 is 0 Å². The van der Waals surface area contributed by atoms with Gasteiger partial charge in [0.25, 0.3) is 0 Å². The van der Waals surface area contributed by atoms with E-state index in [9.17, 15) is 5.11 Å².